The first-order chi connectivity index (χ1) is 16.3. The molecule has 0 saturated carbocycles. The van der Waals surface area contributed by atoms with E-state index in [0.717, 1.165) is 54.7 Å². The molecule has 1 amide bonds. The normalized spacial score (nSPS) is 13.6. The molecule has 34 heavy (non-hydrogen) atoms. The van der Waals surface area contributed by atoms with Crippen molar-refractivity contribution in [3.63, 3.8) is 0 Å². The van der Waals surface area contributed by atoms with E-state index in [2.05, 4.69) is 11.4 Å². The Hall–Kier alpha value is -3.65. The highest BCUT2D eigenvalue weighted by Crippen LogP contribution is 2.38. The fourth-order valence-electron chi connectivity index (χ4n) is 3.73. The molecule has 10 nitrogen and oxygen atoms in total. The maximum atomic E-state index is 12.7. The Balaban J connectivity index is 1.79. The Morgan fingerprint density at radius 3 is 2.65 bits per heavy atom. The molecule has 3 rings (SSSR count). The van der Waals surface area contributed by atoms with Crippen molar-refractivity contribution < 1.29 is 28.7 Å². The monoisotopic (exact) mass is 487 g/mol. The van der Waals surface area contributed by atoms with Gasteiger partial charge in [0.15, 0.2) is 17.6 Å². The van der Waals surface area contributed by atoms with Crippen molar-refractivity contribution >= 4 is 33.9 Å². The van der Waals surface area contributed by atoms with Crippen molar-refractivity contribution in [1.29, 1.82) is 5.26 Å². The zero-order valence-electron chi connectivity index (χ0n) is 19.1. The summed E-state index contributed by atoms with van der Waals surface area (Å²) in [6.45, 7) is 3.30. The molecule has 0 bridgehead atoms. The SMILES string of the molecule is CCOc1cc([N+](=O)[O-])c(C(=O)OC(C)C(=O)Nc2sc3c(c2C#N)CCCCC3)cc1OC. The fourth-order valence-corrected chi connectivity index (χ4v) is 4.97. The van der Waals surface area contributed by atoms with Crippen LogP contribution in [0.25, 0.3) is 0 Å². The Bertz CT molecular complexity index is 1150. The van der Waals surface area contributed by atoms with Gasteiger partial charge >= 0.3 is 5.97 Å². The molecular weight excluding hydrogens is 462 g/mol. The number of nitrogens with one attached hydrogen (secondary N) is 1. The number of esters is 1. The highest BCUT2D eigenvalue weighted by Gasteiger charge is 2.29. The number of ether oxygens (including phenoxy) is 3. The van der Waals surface area contributed by atoms with Crippen LogP contribution in [-0.4, -0.2) is 36.6 Å². The van der Waals surface area contributed by atoms with Crippen molar-refractivity contribution in [2.24, 2.45) is 0 Å². The second-order valence-corrected chi connectivity index (χ2v) is 8.73. The Labute approximate surface area is 200 Å². The molecule has 1 heterocycles. The van der Waals surface area contributed by atoms with E-state index in [9.17, 15) is 25.0 Å². The van der Waals surface area contributed by atoms with E-state index in [-0.39, 0.29) is 23.7 Å². The van der Waals surface area contributed by atoms with Crippen LogP contribution in [0.15, 0.2) is 12.1 Å². The number of nitriles is 1. The number of benzene rings is 1. The summed E-state index contributed by atoms with van der Waals surface area (Å²) >= 11 is 1.36. The third-order valence-electron chi connectivity index (χ3n) is 5.42. The van der Waals surface area contributed by atoms with Crippen LogP contribution in [0.5, 0.6) is 11.5 Å². The maximum absolute atomic E-state index is 12.7. The first kappa shape index (κ1) is 25.0. The lowest BCUT2D eigenvalue weighted by molar-refractivity contribution is -0.385. The van der Waals surface area contributed by atoms with Gasteiger partial charge < -0.3 is 19.5 Å². The summed E-state index contributed by atoms with van der Waals surface area (Å²) in [6.07, 6.45) is 3.51. The number of methoxy groups -OCH3 is 1. The number of aryl methyl sites for hydroxylation is 1. The van der Waals surface area contributed by atoms with Crippen LogP contribution in [-0.2, 0) is 22.4 Å². The van der Waals surface area contributed by atoms with Gasteiger partial charge in [-0.15, -0.1) is 11.3 Å². The van der Waals surface area contributed by atoms with E-state index in [4.69, 9.17) is 14.2 Å². The van der Waals surface area contributed by atoms with Gasteiger partial charge in [0.05, 0.1) is 30.3 Å². The van der Waals surface area contributed by atoms with E-state index in [1.54, 1.807) is 6.92 Å². The van der Waals surface area contributed by atoms with Crippen LogP contribution >= 0.6 is 11.3 Å². The Kier molecular flexibility index (Phi) is 8.07. The lowest BCUT2D eigenvalue weighted by Crippen LogP contribution is -2.30. The van der Waals surface area contributed by atoms with Gasteiger partial charge in [-0.05, 0) is 45.1 Å². The molecule has 1 aliphatic carbocycles. The maximum Gasteiger partial charge on any atom is 0.346 e. The topological polar surface area (TPSA) is 141 Å². The average molecular weight is 488 g/mol. The van der Waals surface area contributed by atoms with Gasteiger partial charge in [-0.25, -0.2) is 4.79 Å². The summed E-state index contributed by atoms with van der Waals surface area (Å²) in [5, 5.41) is 24.3. The molecule has 1 unspecified atom stereocenters. The number of nitro groups is 1. The molecule has 1 aromatic heterocycles. The number of hydrogen-bond donors (Lipinski definition) is 1. The summed E-state index contributed by atoms with van der Waals surface area (Å²) < 4.78 is 15.7. The molecule has 1 atom stereocenters. The minimum absolute atomic E-state index is 0.112. The summed E-state index contributed by atoms with van der Waals surface area (Å²) in [6, 6.07) is 4.42. The van der Waals surface area contributed by atoms with Gasteiger partial charge in [0.1, 0.15) is 16.6 Å². The first-order valence-corrected chi connectivity index (χ1v) is 11.7. The van der Waals surface area contributed by atoms with Gasteiger partial charge in [-0.1, -0.05) is 6.42 Å². The molecule has 0 fully saturated rings. The molecule has 180 valence electrons. The van der Waals surface area contributed by atoms with Gasteiger partial charge in [-0.2, -0.15) is 5.26 Å². The second kappa shape index (κ2) is 11.0. The molecule has 1 N–H and O–H groups in total. The van der Waals surface area contributed by atoms with Gasteiger partial charge in [0.25, 0.3) is 11.6 Å². The number of anilines is 1. The number of amides is 1. The lowest BCUT2D eigenvalue weighted by Gasteiger charge is -2.15. The highest BCUT2D eigenvalue weighted by atomic mass is 32.1. The van der Waals surface area contributed by atoms with E-state index in [1.165, 1.54) is 25.4 Å². The number of carbonyl (C=O) groups is 2. The molecule has 0 radical (unpaired) electrons. The van der Waals surface area contributed by atoms with Crippen LogP contribution in [0.1, 0.15) is 59.5 Å². The largest absolute Gasteiger partial charge is 0.493 e. The predicted molar refractivity (Wildman–Crippen MR) is 125 cm³/mol. The standard InChI is InChI=1S/C23H25N3O7S/c1-4-32-19-11-17(26(29)30)15(10-18(19)31-3)23(28)33-13(2)21(27)25-22-16(12-24)14-8-6-5-7-9-20(14)34-22/h10-11,13H,4-9H2,1-3H3,(H,25,27). The van der Waals surface area contributed by atoms with Crippen molar-refractivity contribution in [3.05, 3.63) is 43.8 Å². The number of rotatable bonds is 8. The zero-order chi connectivity index (χ0) is 24.8. The quantitative estimate of drug-likeness (QED) is 0.250. The van der Waals surface area contributed by atoms with Crippen LogP contribution < -0.4 is 14.8 Å². The molecule has 1 aromatic carbocycles. The number of fused-ring (bicyclic) bond motifs is 1. The van der Waals surface area contributed by atoms with Crippen molar-refractivity contribution in [1.82, 2.24) is 0 Å². The van der Waals surface area contributed by atoms with Crippen molar-refractivity contribution in [3.8, 4) is 17.6 Å². The van der Waals surface area contributed by atoms with E-state index < -0.39 is 28.6 Å². The Morgan fingerprint density at radius 2 is 2.00 bits per heavy atom. The second-order valence-electron chi connectivity index (χ2n) is 7.63. The molecule has 0 saturated heterocycles. The predicted octanol–water partition coefficient (Wildman–Crippen LogP) is 4.39. The van der Waals surface area contributed by atoms with Gasteiger partial charge in [0, 0.05) is 10.9 Å². The molecule has 0 spiro atoms. The molecule has 1 aliphatic rings. The summed E-state index contributed by atoms with van der Waals surface area (Å²) in [7, 11) is 1.34. The number of nitro benzene ring substituents is 1. The van der Waals surface area contributed by atoms with Crippen LogP contribution in [0.4, 0.5) is 10.7 Å². The zero-order valence-corrected chi connectivity index (χ0v) is 20.0. The smallest absolute Gasteiger partial charge is 0.346 e. The molecular formula is C23H25N3O7S. The molecule has 2 aromatic rings. The number of carbonyl (C=O) groups excluding carboxylic acids is 2. The summed E-state index contributed by atoms with van der Waals surface area (Å²) in [5.74, 6) is -1.46. The van der Waals surface area contributed by atoms with E-state index in [0.29, 0.717) is 10.6 Å². The van der Waals surface area contributed by atoms with E-state index in [1.807, 2.05) is 0 Å². The van der Waals surface area contributed by atoms with Crippen molar-refractivity contribution in [2.45, 2.75) is 52.1 Å². The minimum Gasteiger partial charge on any atom is -0.493 e. The van der Waals surface area contributed by atoms with E-state index >= 15 is 0 Å². The highest BCUT2D eigenvalue weighted by molar-refractivity contribution is 7.16. The van der Waals surface area contributed by atoms with Crippen molar-refractivity contribution in [2.75, 3.05) is 19.0 Å². The molecule has 11 heteroatoms. The third kappa shape index (κ3) is 5.28. The lowest BCUT2D eigenvalue weighted by atomic mass is 10.1. The van der Waals surface area contributed by atoms with Crippen LogP contribution in [0.2, 0.25) is 0 Å². The average Bonchev–Trinajstić information content (AvgIpc) is 2.97. The van der Waals surface area contributed by atoms with Crippen LogP contribution in [0.3, 0.4) is 0 Å². The van der Waals surface area contributed by atoms with Crippen LogP contribution in [0, 0.1) is 21.4 Å². The third-order valence-corrected chi connectivity index (χ3v) is 6.63. The summed E-state index contributed by atoms with van der Waals surface area (Å²) in [5.41, 5.74) is 0.517. The first-order valence-electron chi connectivity index (χ1n) is 10.9. The van der Waals surface area contributed by atoms with Gasteiger partial charge in [-0.3, -0.25) is 14.9 Å². The number of hydrogen-bond acceptors (Lipinski definition) is 9. The fraction of sp³-hybridized carbons (Fsp3) is 0.435. The minimum atomic E-state index is -1.27. The summed E-state index contributed by atoms with van der Waals surface area (Å²) in [4.78, 5) is 37.4. The molecule has 0 aliphatic heterocycles. The van der Waals surface area contributed by atoms with Gasteiger partial charge in [0.2, 0.25) is 0 Å². The Morgan fingerprint density at radius 1 is 1.26 bits per heavy atom. The number of thiophene rings is 1. The number of nitrogens with zero attached hydrogens (tertiary/aromatic N) is 2.